The van der Waals surface area contributed by atoms with Gasteiger partial charge in [-0.3, -0.25) is 4.79 Å². The van der Waals surface area contributed by atoms with Crippen LogP contribution in [0.4, 0.5) is 0 Å². The van der Waals surface area contributed by atoms with Gasteiger partial charge in [-0.05, 0) is 37.8 Å². The first kappa shape index (κ1) is 15.1. The highest BCUT2D eigenvalue weighted by Crippen LogP contribution is 2.39. The van der Waals surface area contributed by atoms with Crippen LogP contribution >= 0.6 is 0 Å². The molecule has 4 rings (SSSR count). The maximum atomic E-state index is 12.5. The molecule has 0 spiro atoms. The van der Waals surface area contributed by atoms with Crippen molar-refractivity contribution < 1.29 is 9.53 Å². The molecule has 0 aromatic carbocycles. The van der Waals surface area contributed by atoms with Gasteiger partial charge < -0.3 is 14.6 Å². The average molecular weight is 327 g/mol. The summed E-state index contributed by atoms with van der Waals surface area (Å²) in [4.78, 5) is 16.6. The highest BCUT2D eigenvalue weighted by Gasteiger charge is 2.31. The van der Waals surface area contributed by atoms with Crippen LogP contribution in [0, 0.1) is 0 Å². The van der Waals surface area contributed by atoms with Crippen LogP contribution in [0.25, 0.3) is 0 Å². The third-order valence-electron chi connectivity index (χ3n) is 4.76. The molecule has 0 radical (unpaired) electrons. The molecule has 0 saturated heterocycles. The lowest BCUT2D eigenvalue weighted by Crippen LogP contribution is -2.35. The average Bonchev–Trinajstić information content (AvgIpc) is 3.41. The molecule has 2 aliphatic rings. The molecule has 7 nitrogen and oxygen atoms in total. The standard InChI is InChI=1S/C17H21N5O2/c1-24-17-13(3-2-9-18-17)16(23)19-12-6-7-14-20-21-15(11-4-5-11)22(14)10-8-12/h2-3,9,11-12H,4-8,10H2,1H3,(H,19,23). The van der Waals surface area contributed by atoms with Crippen molar-refractivity contribution in [1.29, 1.82) is 0 Å². The minimum absolute atomic E-state index is 0.121. The van der Waals surface area contributed by atoms with E-state index in [2.05, 4.69) is 25.1 Å². The van der Waals surface area contributed by atoms with E-state index < -0.39 is 0 Å². The summed E-state index contributed by atoms with van der Waals surface area (Å²) < 4.78 is 7.43. The van der Waals surface area contributed by atoms with Crippen LogP contribution in [0.2, 0.25) is 0 Å². The topological polar surface area (TPSA) is 81.9 Å². The quantitative estimate of drug-likeness (QED) is 0.924. The number of amides is 1. The summed E-state index contributed by atoms with van der Waals surface area (Å²) in [5.41, 5.74) is 0.474. The van der Waals surface area contributed by atoms with E-state index in [1.165, 1.54) is 20.0 Å². The van der Waals surface area contributed by atoms with Gasteiger partial charge in [0.05, 0.1) is 7.11 Å². The van der Waals surface area contributed by atoms with Gasteiger partial charge in [-0.25, -0.2) is 4.98 Å². The third kappa shape index (κ3) is 2.86. The number of carbonyl (C=O) groups excluding carboxylic acids is 1. The summed E-state index contributed by atoms with van der Waals surface area (Å²) in [6.45, 7) is 0.864. The first-order valence-electron chi connectivity index (χ1n) is 8.48. The molecule has 1 aliphatic carbocycles. The smallest absolute Gasteiger partial charge is 0.256 e. The number of aryl methyl sites for hydroxylation is 1. The summed E-state index contributed by atoms with van der Waals surface area (Å²) in [6.07, 6.45) is 6.66. The lowest BCUT2D eigenvalue weighted by Gasteiger charge is -2.17. The molecule has 1 amide bonds. The van der Waals surface area contributed by atoms with E-state index in [1.807, 2.05) is 0 Å². The molecule has 3 heterocycles. The van der Waals surface area contributed by atoms with Gasteiger partial charge in [0.25, 0.3) is 5.91 Å². The van der Waals surface area contributed by atoms with Crippen LogP contribution in [-0.4, -0.2) is 38.8 Å². The van der Waals surface area contributed by atoms with Crippen molar-refractivity contribution in [2.45, 2.75) is 50.6 Å². The Balaban J connectivity index is 1.44. The number of rotatable bonds is 4. The Morgan fingerprint density at radius 3 is 2.96 bits per heavy atom. The lowest BCUT2D eigenvalue weighted by atomic mass is 10.1. The molecule has 1 unspecified atom stereocenters. The summed E-state index contributed by atoms with van der Waals surface area (Å²) >= 11 is 0. The number of carbonyl (C=O) groups is 1. The SMILES string of the molecule is COc1ncccc1C(=O)NC1CCc2nnc(C3CC3)n2CC1. The normalized spacial score (nSPS) is 20.1. The van der Waals surface area contributed by atoms with E-state index in [4.69, 9.17) is 4.74 Å². The van der Waals surface area contributed by atoms with Crippen molar-refractivity contribution in [2.24, 2.45) is 0 Å². The Kier molecular flexibility index (Phi) is 3.92. The fraction of sp³-hybridized carbons (Fsp3) is 0.529. The lowest BCUT2D eigenvalue weighted by molar-refractivity contribution is 0.0929. The van der Waals surface area contributed by atoms with Gasteiger partial charge >= 0.3 is 0 Å². The number of hydrogen-bond acceptors (Lipinski definition) is 5. The summed E-state index contributed by atoms with van der Waals surface area (Å²) in [5, 5.41) is 11.8. The minimum atomic E-state index is -0.134. The molecule has 7 heteroatoms. The summed E-state index contributed by atoms with van der Waals surface area (Å²) in [5.74, 6) is 3.00. The maximum Gasteiger partial charge on any atom is 0.256 e. The largest absolute Gasteiger partial charge is 0.480 e. The van der Waals surface area contributed by atoms with Gasteiger partial charge in [0, 0.05) is 31.1 Å². The zero-order valence-corrected chi connectivity index (χ0v) is 13.7. The fourth-order valence-electron chi connectivity index (χ4n) is 3.29. The molecule has 24 heavy (non-hydrogen) atoms. The Labute approximate surface area is 140 Å². The summed E-state index contributed by atoms with van der Waals surface area (Å²) in [7, 11) is 1.52. The van der Waals surface area contributed by atoms with Crippen LogP contribution in [0.1, 0.15) is 53.6 Å². The molecular weight excluding hydrogens is 306 g/mol. The number of pyridine rings is 1. The first-order chi connectivity index (χ1) is 11.8. The fourth-order valence-corrected chi connectivity index (χ4v) is 3.29. The Hall–Kier alpha value is -2.44. The van der Waals surface area contributed by atoms with E-state index in [0.717, 1.165) is 37.5 Å². The molecule has 2 aromatic heterocycles. The molecule has 126 valence electrons. The molecule has 1 aliphatic heterocycles. The van der Waals surface area contributed by atoms with Crippen molar-refractivity contribution in [3.8, 4) is 5.88 Å². The number of nitrogens with one attached hydrogen (secondary N) is 1. The van der Waals surface area contributed by atoms with Crippen molar-refractivity contribution in [3.63, 3.8) is 0 Å². The third-order valence-corrected chi connectivity index (χ3v) is 4.76. The molecule has 0 bridgehead atoms. The predicted molar refractivity (Wildman–Crippen MR) is 87.0 cm³/mol. The van der Waals surface area contributed by atoms with Crippen LogP contribution in [-0.2, 0) is 13.0 Å². The van der Waals surface area contributed by atoms with E-state index in [9.17, 15) is 4.79 Å². The second-order valence-corrected chi connectivity index (χ2v) is 6.46. The number of methoxy groups -OCH3 is 1. The summed E-state index contributed by atoms with van der Waals surface area (Å²) in [6, 6.07) is 3.60. The van der Waals surface area contributed by atoms with Gasteiger partial charge in [0.1, 0.15) is 17.2 Å². The van der Waals surface area contributed by atoms with E-state index in [-0.39, 0.29) is 11.9 Å². The number of aromatic nitrogens is 4. The Bertz CT molecular complexity index is 753. The van der Waals surface area contributed by atoms with Crippen molar-refractivity contribution in [1.82, 2.24) is 25.1 Å². The van der Waals surface area contributed by atoms with Crippen molar-refractivity contribution >= 4 is 5.91 Å². The molecule has 1 fully saturated rings. The first-order valence-corrected chi connectivity index (χ1v) is 8.48. The van der Waals surface area contributed by atoms with Crippen LogP contribution in [0.5, 0.6) is 5.88 Å². The molecule has 1 saturated carbocycles. The van der Waals surface area contributed by atoms with Gasteiger partial charge in [0.2, 0.25) is 5.88 Å². The maximum absolute atomic E-state index is 12.5. The molecule has 2 aromatic rings. The van der Waals surface area contributed by atoms with Crippen LogP contribution in [0.3, 0.4) is 0 Å². The van der Waals surface area contributed by atoms with E-state index in [1.54, 1.807) is 18.3 Å². The number of hydrogen-bond donors (Lipinski definition) is 1. The molecule has 1 atom stereocenters. The molecule has 1 N–H and O–H groups in total. The number of ether oxygens (including phenoxy) is 1. The molecular formula is C17H21N5O2. The van der Waals surface area contributed by atoms with Gasteiger partial charge in [-0.1, -0.05) is 0 Å². The minimum Gasteiger partial charge on any atom is -0.480 e. The highest BCUT2D eigenvalue weighted by molar-refractivity contribution is 5.96. The monoisotopic (exact) mass is 327 g/mol. The Morgan fingerprint density at radius 1 is 1.29 bits per heavy atom. The van der Waals surface area contributed by atoms with Gasteiger partial charge in [-0.15, -0.1) is 10.2 Å². The van der Waals surface area contributed by atoms with E-state index >= 15 is 0 Å². The number of fused-ring (bicyclic) bond motifs is 1. The van der Waals surface area contributed by atoms with Crippen LogP contribution < -0.4 is 10.1 Å². The number of nitrogens with zero attached hydrogens (tertiary/aromatic N) is 4. The highest BCUT2D eigenvalue weighted by atomic mass is 16.5. The van der Waals surface area contributed by atoms with E-state index in [0.29, 0.717) is 17.4 Å². The predicted octanol–water partition coefficient (Wildman–Crippen LogP) is 1.69. The zero-order chi connectivity index (χ0) is 16.5. The second-order valence-electron chi connectivity index (χ2n) is 6.46. The van der Waals surface area contributed by atoms with Crippen molar-refractivity contribution in [2.75, 3.05) is 7.11 Å². The Morgan fingerprint density at radius 2 is 2.17 bits per heavy atom. The zero-order valence-electron chi connectivity index (χ0n) is 13.7. The van der Waals surface area contributed by atoms with Crippen molar-refractivity contribution in [3.05, 3.63) is 35.5 Å². The van der Waals surface area contributed by atoms with Gasteiger partial charge in [0.15, 0.2) is 0 Å². The van der Waals surface area contributed by atoms with Crippen LogP contribution in [0.15, 0.2) is 18.3 Å². The second kappa shape index (κ2) is 6.22. The van der Waals surface area contributed by atoms with Gasteiger partial charge in [-0.2, -0.15) is 0 Å².